The van der Waals surface area contributed by atoms with Crippen LogP contribution in [0, 0.1) is 0 Å². The molecule has 4 rings (SSSR count). The molecule has 3 aromatic carbocycles. The van der Waals surface area contributed by atoms with E-state index in [1.54, 1.807) is 79.7 Å². The number of anilines is 1. The van der Waals surface area contributed by atoms with Crippen molar-refractivity contribution in [2.45, 2.75) is 19.4 Å². The molecule has 0 spiro atoms. The third-order valence-corrected chi connectivity index (χ3v) is 5.80. The number of esters is 1. The molecular formula is C27H22ClNO5. The summed E-state index contributed by atoms with van der Waals surface area (Å²) in [6.45, 7) is 2.04. The number of ketones is 1. The highest BCUT2D eigenvalue weighted by molar-refractivity contribution is 6.51. The molecule has 1 saturated heterocycles. The first kappa shape index (κ1) is 23.3. The Hall–Kier alpha value is -3.90. The van der Waals surface area contributed by atoms with Crippen molar-refractivity contribution in [1.29, 1.82) is 0 Å². The molecule has 34 heavy (non-hydrogen) atoms. The molecule has 0 bridgehead atoms. The van der Waals surface area contributed by atoms with Gasteiger partial charge in [0.15, 0.2) is 0 Å². The van der Waals surface area contributed by atoms with E-state index in [0.29, 0.717) is 28.4 Å². The number of halogens is 1. The molecule has 7 heteroatoms. The predicted molar refractivity (Wildman–Crippen MR) is 129 cm³/mol. The zero-order valence-corrected chi connectivity index (χ0v) is 19.2. The zero-order valence-electron chi connectivity index (χ0n) is 18.4. The summed E-state index contributed by atoms with van der Waals surface area (Å²) in [5, 5.41) is 11.6. The van der Waals surface area contributed by atoms with Crippen LogP contribution < -0.4 is 4.90 Å². The molecule has 1 aliphatic heterocycles. The summed E-state index contributed by atoms with van der Waals surface area (Å²) in [7, 11) is 0. The van der Waals surface area contributed by atoms with Gasteiger partial charge >= 0.3 is 5.97 Å². The Morgan fingerprint density at radius 2 is 1.62 bits per heavy atom. The van der Waals surface area contributed by atoms with E-state index in [-0.39, 0.29) is 23.7 Å². The van der Waals surface area contributed by atoms with E-state index in [0.717, 1.165) is 5.56 Å². The summed E-state index contributed by atoms with van der Waals surface area (Å²) in [6, 6.07) is 21.4. The lowest BCUT2D eigenvalue weighted by Crippen LogP contribution is -2.29. The standard InChI is InChI=1S/C27H22ClNO5/c1-2-34-22(30)16-17-8-14-21(15-9-17)29-24(18-6-4-3-5-7-18)23(26(32)27(29)33)25(31)19-10-12-20(28)13-11-19/h3-15,24,31H,2,16H2,1H3/b25-23+. The highest BCUT2D eigenvalue weighted by atomic mass is 35.5. The molecule has 0 aliphatic carbocycles. The fraction of sp³-hybridized carbons (Fsp3) is 0.148. The van der Waals surface area contributed by atoms with Crippen molar-refractivity contribution < 1.29 is 24.2 Å². The number of ether oxygens (including phenoxy) is 1. The largest absolute Gasteiger partial charge is 0.507 e. The number of amides is 1. The third kappa shape index (κ3) is 4.58. The van der Waals surface area contributed by atoms with Gasteiger partial charge in [-0.15, -0.1) is 0 Å². The number of aliphatic hydroxyl groups is 1. The Balaban J connectivity index is 1.78. The van der Waals surface area contributed by atoms with E-state index < -0.39 is 17.7 Å². The Labute approximate surface area is 202 Å². The van der Waals surface area contributed by atoms with Gasteiger partial charge in [0.25, 0.3) is 11.7 Å². The third-order valence-electron chi connectivity index (χ3n) is 5.55. The summed E-state index contributed by atoms with van der Waals surface area (Å²) in [5.74, 6) is -2.15. The van der Waals surface area contributed by atoms with Crippen molar-refractivity contribution in [3.05, 3.63) is 106 Å². The first-order chi connectivity index (χ1) is 16.4. The molecule has 1 N–H and O–H groups in total. The predicted octanol–water partition coefficient (Wildman–Crippen LogP) is 5.07. The second-order valence-corrected chi connectivity index (χ2v) is 8.17. The number of carbonyl (C=O) groups is 3. The summed E-state index contributed by atoms with van der Waals surface area (Å²) in [5.41, 5.74) is 2.24. The summed E-state index contributed by atoms with van der Waals surface area (Å²) in [4.78, 5) is 39.5. The molecule has 3 aromatic rings. The van der Waals surface area contributed by atoms with Crippen LogP contribution in [0.5, 0.6) is 0 Å². The van der Waals surface area contributed by atoms with Crippen molar-refractivity contribution >= 4 is 40.7 Å². The van der Waals surface area contributed by atoms with Gasteiger partial charge < -0.3 is 9.84 Å². The molecule has 1 amide bonds. The van der Waals surface area contributed by atoms with Crippen LogP contribution >= 0.6 is 11.6 Å². The van der Waals surface area contributed by atoms with Crippen molar-refractivity contribution in [2.75, 3.05) is 11.5 Å². The molecule has 1 unspecified atom stereocenters. The average Bonchev–Trinajstić information content (AvgIpc) is 3.11. The number of nitrogens with zero attached hydrogens (tertiary/aromatic N) is 1. The van der Waals surface area contributed by atoms with Gasteiger partial charge in [0.2, 0.25) is 0 Å². The lowest BCUT2D eigenvalue weighted by atomic mass is 9.95. The fourth-order valence-corrected chi connectivity index (χ4v) is 4.09. The number of hydrogen-bond donors (Lipinski definition) is 1. The van der Waals surface area contributed by atoms with Crippen LogP contribution in [0.4, 0.5) is 5.69 Å². The number of carbonyl (C=O) groups excluding carboxylic acids is 3. The maximum absolute atomic E-state index is 13.2. The lowest BCUT2D eigenvalue weighted by molar-refractivity contribution is -0.142. The maximum Gasteiger partial charge on any atom is 0.310 e. The minimum atomic E-state index is -0.826. The van der Waals surface area contributed by atoms with Gasteiger partial charge in [-0.2, -0.15) is 0 Å². The second-order valence-electron chi connectivity index (χ2n) is 7.73. The Morgan fingerprint density at radius 3 is 2.24 bits per heavy atom. The van der Waals surface area contributed by atoms with Crippen molar-refractivity contribution in [2.24, 2.45) is 0 Å². The van der Waals surface area contributed by atoms with Crippen molar-refractivity contribution in [1.82, 2.24) is 0 Å². The first-order valence-electron chi connectivity index (χ1n) is 10.8. The highest BCUT2D eigenvalue weighted by Crippen LogP contribution is 2.42. The van der Waals surface area contributed by atoms with E-state index in [2.05, 4.69) is 0 Å². The van der Waals surface area contributed by atoms with Crippen LogP contribution in [0.1, 0.15) is 29.7 Å². The van der Waals surface area contributed by atoms with Gasteiger partial charge in [-0.25, -0.2) is 0 Å². The molecule has 0 aromatic heterocycles. The van der Waals surface area contributed by atoms with E-state index in [9.17, 15) is 19.5 Å². The molecule has 0 saturated carbocycles. The monoisotopic (exact) mass is 475 g/mol. The molecule has 0 radical (unpaired) electrons. The van der Waals surface area contributed by atoms with E-state index >= 15 is 0 Å². The lowest BCUT2D eigenvalue weighted by Gasteiger charge is -2.25. The Bertz CT molecular complexity index is 1250. The molecule has 172 valence electrons. The molecule has 1 aliphatic rings. The summed E-state index contributed by atoms with van der Waals surface area (Å²) in [6.07, 6.45) is 0.103. The maximum atomic E-state index is 13.2. The van der Waals surface area contributed by atoms with Gasteiger partial charge in [0.1, 0.15) is 5.76 Å². The van der Waals surface area contributed by atoms with Crippen LogP contribution in [0.25, 0.3) is 5.76 Å². The average molecular weight is 476 g/mol. The zero-order chi connectivity index (χ0) is 24.2. The van der Waals surface area contributed by atoms with E-state index in [4.69, 9.17) is 16.3 Å². The van der Waals surface area contributed by atoms with Crippen LogP contribution in [-0.4, -0.2) is 29.4 Å². The van der Waals surface area contributed by atoms with E-state index in [1.165, 1.54) is 4.90 Å². The number of Topliss-reactive ketones (excluding diaryl/α,β-unsaturated/α-hetero) is 1. The van der Waals surface area contributed by atoms with Gasteiger partial charge in [0, 0.05) is 16.3 Å². The molecule has 1 heterocycles. The van der Waals surface area contributed by atoms with Crippen LogP contribution in [0.15, 0.2) is 84.4 Å². The minimum absolute atomic E-state index is 0.00544. The SMILES string of the molecule is CCOC(=O)Cc1ccc(N2C(=O)C(=O)/C(=C(/O)c3ccc(Cl)cc3)C2c2ccccc2)cc1. The highest BCUT2D eigenvalue weighted by Gasteiger charge is 2.46. The van der Waals surface area contributed by atoms with Gasteiger partial charge in [0.05, 0.1) is 24.6 Å². The molecule has 6 nitrogen and oxygen atoms in total. The smallest absolute Gasteiger partial charge is 0.310 e. The number of rotatable bonds is 6. The van der Waals surface area contributed by atoms with Crippen LogP contribution in [0.2, 0.25) is 5.02 Å². The molecule has 1 fully saturated rings. The van der Waals surface area contributed by atoms with Gasteiger partial charge in [-0.05, 0) is 54.4 Å². The summed E-state index contributed by atoms with van der Waals surface area (Å²) >= 11 is 5.96. The number of aliphatic hydroxyl groups excluding tert-OH is 1. The number of benzene rings is 3. The minimum Gasteiger partial charge on any atom is -0.507 e. The van der Waals surface area contributed by atoms with Crippen LogP contribution in [0.3, 0.4) is 0 Å². The van der Waals surface area contributed by atoms with Crippen LogP contribution in [-0.2, 0) is 25.5 Å². The molecular weight excluding hydrogens is 454 g/mol. The quantitative estimate of drug-likeness (QED) is 0.233. The van der Waals surface area contributed by atoms with Crippen molar-refractivity contribution in [3.8, 4) is 0 Å². The first-order valence-corrected chi connectivity index (χ1v) is 11.1. The van der Waals surface area contributed by atoms with Gasteiger partial charge in [-0.1, -0.05) is 54.1 Å². The van der Waals surface area contributed by atoms with E-state index in [1.807, 2.05) is 6.07 Å². The molecule has 1 atom stereocenters. The number of hydrogen-bond acceptors (Lipinski definition) is 5. The van der Waals surface area contributed by atoms with Crippen molar-refractivity contribution in [3.63, 3.8) is 0 Å². The topological polar surface area (TPSA) is 83.9 Å². The Morgan fingerprint density at radius 1 is 0.971 bits per heavy atom. The normalized spacial score (nSPS) is 17.1. The fourth-order valence-electron chi connectivity index (χ4n) is 3.97. The summed E-state index contributed by atoms with van der Waals surface area (Å²) < 4.78 is 4.98. The Kier molecular flexibility index (Phi) is 6.80. The second kappa shape index (κ2) is 9.93. The van der Waals surface area contributed by atoms with Gasteiger partial charge in [-0.3, -0.25) is 19.3 Å².